The lowest BCUT2D eigenvalue weighted by atomic mass is 10.1. The molecule has 6 nitrogen and oxygen atoms in total. The van der Waals surface area contributed by atoms with Crippen molar-refractivity contribution in [2.75, 3.05) is 13.7 Å². The highest BCUT2D eigenvalue weighted by Gasteiger charge is 2.23. The molecule has 0 aliphatic carbocycles. The number of imidazole rings is 1. The van der Waals surface area contributed by atoms with E-state index in [1.807, 2.05) is 42.7 Å². The Kier molecular flexibility index (Phi) is 8.67. The van der Waals surface area contributed by atoms with Gasteiger partial charge < -0.3 is 19.1 Å². The molecule has 27 heavy (non-hydrogen) atoms. The molecule has 0 saturated heterocycles. The van der Waals surface area contributed by atoms with Crippen molar-refractivity contribution in [3.8, 4) is 5.75 Å². The van der Waals surface area contributed by atoms with Crippen molar-refractivity contribution in [2.24, 2.45) is 0 Å². The van der Waals surface area contributed by atoms with Crippen LogP contribution < -0.4 is 4.74 Å². The van der Waals surface area contributed by atoms with Crippen LogP contribution in [0.4, 0.5) is 0 Å². The average molecular weight is 393 g/mol. The predicted octanol–water partition coefficient (Wildman–Crippen LogP) is 3.45. The van der Waals surface area contributed by atoms with E-state index in [1.165, 1.54) is 17.3 Å². The smallest absolute Gasteiger partial charge is 0.319 e. The first-order valence-corrected chi connectivity index (χ1v) is 10.1. The average Bonchev–Trinajstić information content (AvgIpc) is 3.08. The molecule has 0 aliphatic heterocycles. The number of rotatable bonds is 11. The Balaban J connectivity index is 2.12. The number of nitrogens with zero attached hydrogens (tertiary/aromatic N) is 2. The van der Waals surface area contributed by atoms with Gasteiger partial charge in [-0.25, -0.2) is 4.98 Å². The first-order chi connectivity index (χ1) is 13.1. The number of aliphatic hydroxyl groups is 1. The molecule has 7 heteroatoms. The van der Waals surface area contributed by atoms with Crippen molar-refractivity contribution in [1.82, 2.24) is 9.55 Å². The van der Waals surface area contributed by atoms with Crippen LogP contribution >= 0.6 is 11.8 Å². The van der Waals surface area contributed by atoms with Gasteiger partial charge in [0.15, 0.2) is 5.16 Å². The summed E-state index contributed by atoms with van der Waals surface area (Å²) in [5, 5.41) is 10.1. The van der Waals surface area contributed by atoms with Gasteiger partial charge in [0.2, 0.25) is 0 Å². The molecule has 0 amide bonds. The number of ether oxygens (including phenoxy) is 2. The Bertz CT molecular complexity index is 715. The standard InChI is InChI=1S/C20H28N2O4S/c1-4-6-18(19(24)26-5-2)27-20-21-13-16(14-23)22(20)12-11-15-7-9-17(25-3)10-8-15/h7-10,13,18,23H,4-6,11-12,14H2,1-3H3. The molecular formula is C20H28N2O4S. The molecule has 1 atom stereocenters. The molecule has 2 aromatic rings. The van der Waals surface area contributed by atoms with Crippen LogP contribution in [0, 0.1) is 0 Å². The fourth-order valence-electron chi connectivity index (χ4n) is 2.73. The van der Waals surface area contributed by atoms with Crippen LogP contribution in [0.5, 0.6) is 5.75 Å². The summed E-state index contributed by atoms with van der Waals surface area (Å²) in [6, 6.07) is 7.92. The third-order valence-electron chi connectivity index (χ3n) is 4.19. The normalized spacial score (nSPS) is 12.0. The molecule has 1 aromatic heterocycles. The first-order valence-electron chi connectivity index (χ1n) is 9.24. The van der Waals surface area contributed by atoms with Gasteiger partial charge in [-0.2, -0.15) is 0 Å². The minimum absolute atomic E-state index is 0.0893. The van der Waals surface area contributed by atoms with Crippen LogP contribution in [0.3, 0.4) is 0 Å². The number of hydrogen-bond donors (Lipinski definition) is 1. The molecule has 0 fully saturated rings. The summed E-state index contributed by atoms with van der Waals surface area (Å²) in [7, 11) is 1.65. The number of carbonyl (C=O) groups excluding carboxylic acids is 1. The molecule has 0 saturated carbocycles. The maximum Gasteiger partial charge on any atom is 0.319 e. The van der Waals surface area contributed by atoms with Crippen molar-refractivity contribution in [3.63, 3.8) is 0 Å². The number of thioether (sulfide) groups is 1. The second kappa shape index (κ2) is 11.0. The number of aliphatic hydroxyl groups excluding tert-OH is 1. The lowest BCUT2D eigenvalue weighted by molar-refractivity contribution is -0.142. The number of aryl methyl sites for hydroxylation is 1. The zero-order valence-corrected chi connectivity index (χ0v) is 17.0. The highest BCUT2D eigenvalue weighted by atomic mass is 32.2. The van der Waals surface area contributed by atoms with Gasteiger partial charge in [0.05, 0.1) is 32.2 Å². The largest absolute Gasteiger partial charge is 0.497 e. The van der Waals surface area contributed by atoms with E-state index in [-0.39, 0.29) is 17.8 Å². The van der Waals surface area contributed by atoms with Crippen LogP contribution in [0.25, 0.3) is 0 Å². The summed E-state index contributed by atoms with van der Waals surface area (Å²) in [4.78, 5) is 16.7. The monoisotopic (exact) mass is 392 g/mol. The minimum Gasteiger partial charge on any atom is -0.497 e. The maximum atomic E-state index is 12.2. The van der Waals surface area contributed by atoms with Gasteiger partial charge in [0, 0.05) is 6.54 Å². The zero-order valence-electron chi connectivity index (χ0n) is 16.2. The Morgan fingerprint density at radius 3 is 2.63 bits per heavy atom. The van der Waals surface area contributed by atoms with E-state index >= 15 is 0 Å². The van der Waals surface area contributed by atoms with Crippen LogP contribution in [-0.2, 0) is 29.1 Å². The molecule has 2 rings (SSSR count). The highest BCUT2D eigenvalue weighted by Crippen LogP contribution is 2.28. The Morgan fingerprint density at radius 2 is 2.04 bits per heavy atom. The van der Waals surface area contributed by atoms with E-state index in [0.29, 0.717) is 13.2 Å². The minimum atomic E-state index is -0.288. The van der Waals surface area contributed by atoms with E-state index in [0.717, 1.165) is 35.9 Å². The number of hydrogen-bond acceptors (Lipinski definition) is 6. The van der Waals surface area contributed by atoms with Crippen LogP contribution in [0.2, 0.25) is 0 Å². The van der Waals surface area contributed by atoms with Gasteiger partial charge in [-0.1, -0.05) is 37.2 Å². The van der Waals surface area contributed by atoms with E-state index in [9.17, 15) is 9.90 Å². The summed E-state index contributed by atoms with van der Waals surface area (Å²) in [5.41, 5.74) is 1.91. The lowest BCUT2D eigenvalue weighted by Crippen LogP contribution is -2.21. The molecular weight excluding hydrogens is 364 g/mol. The molecule has 1 N–H and O–H groups in total. The molecule has 0 bridgehead atoms. The second-order valence-electron chi connectivity index (χ2n) is 6.09. The van der Waals surface area contributed by atoms with Gasteiger partial charge in [0.25, 0.3) is 0 Å². The molecule has 0 aliphatic rings. The summed E-state index contributed by atoms with van der Waals surface area (Å²) >= 11 is 1.41. The summed E-state index contributed by atoms with van der Waals surface area (Å²) in [6.45, 7) is 4.81. The van der Waals surface area contributed by atoms with Crippen molar-refractivity contribution in [1.29, 1.82) is 0 Å². The summed E-state index contributed by atoms with van der Waals surface area (Å²) < 4.78 is 12.4. The lowest BCUT2D eigenvalue weighted by Gasteiger charge is -2.16. The zero-order chi connectivity index (χ0) is 19.6. The number of benzene rings is 1. The van der Waals surface area contributed by atoms with E-state index in [4.69, 9.17) is 9.47 Å². The second-order valence-corrected chi connectivity index (χ2v) is 7.26. The van der Waals surface area contributed by atoms with E-state index in [1.54, 1.807) is 13.3 Å². The molecule has 0 spiro atoms. The van der Waals surface area contributed by atoms with Gasteiger partial charge in [-0.05, 0) is 37.5 Å². The van der Waals surface area contributed by atoms with E-state index in [2.05, 4.69) is 4.98 Å². The summed E-state index contributed by atoms with van der Waals surface area (Å²) in [6.07, 6.45) is 4.07. The van der Waals surface area contributed by atoms with Crippen molar-refractivity contribution < 1.29 is 19.4 Å². The van der Waals surface area contributed by atoms with Crippen molar-refractivity contribution in [3.05, 3.63) is 41.7 Å². The van der Waals surface area contributed by atoms with Crippen molar-refractivity contribution in [2.45, 2.75) is 56.7 Å². The Hall–Kier alpha value is -1.99. The maximum absolute atomic E-state index is 12.2. The molecule has 148 valence electrons. The topological polar surface area (TPSA) is 73.6 Å². The Labute approximate surface area is 164 Å². The summed E-state index contributed by atoms with van der Waals surface area (Å²) in [5.74, 6) is 0.616. The number of methoxy groups -OCH3 is 1. The van der Waals surface area contributed by atoms with Gasteiger partial charge in [-0.3, -0.25) is 4.79 Å². The fraction of sp³-hybridized carbons (Fsp3) is 0.500. The van der Waals surface area contributed by atoms with Gasteiger partial charge in [0.1, 0.15) is 11.0 Å². The molecule has 1 unspecified atom stereocenters. The highest BCUT2D eigenvalue weighted by molar-refractivity contribution is 8.00. The quantitative estimate of drug-likeness (QED) is 0.466. The number of esters is 1. The predicted molar refractivity (Wildman–Crippen MR) is 106 cm³/mol. The van der Waals surface area contributed by atoms with Crippen LogP contribution in [0.15, 0.2) is 35.6 Å². The third kappa shape index (κ3) is 6.01. The fourth-order valence-corrected chi connectivity index (χ4v) is 3.96. The van der Waals surface area contributed by atoms with E-state index < -0.39 is 0 Å². The number of carbonyl (C=O) groups is 1. The van der Waals surface area contributed by atoms with Gasteiger partial charge >= 0.3 is 5.97 Å². The third-order valence-corrected chi connectivity index (χ3v) is 5.44. The SMILES string of the molecule is CCCC(Sc1ncc(CO)n1CCc1ccc(OC)cc1)C(=O)OCC. The Morgan fingerprint density at radius 1 is 1.30 bits per heavy atom. The van der Waals surface area contributed by atoms with Crippen molar-refractivity contribution >= 4 is 17.7 Å². The molecule has 1 heterocycles. The molecule has 1 aromatic carbocycles. The van der Waals surface area contributed by atoms with Crippen LogP contribution in [-0.4, -0.2) is 39.6 Å². The van der Waals surface area contributed by atoms with Gasteiger partial charge in [-0.15, -0.1) is 0 Å². The number of aromatic nitrogens is 2. The molecule has 0 radical (unpaired) electrons. The van der Waals surface area contributed by atoms with Crippen LogP contribution in [0.1, 0.15) is 37.9 Å². The first kappa shape index (κ1) is 21.3.